The molecule has 2 N–H and O–H groups in total. The first-order valence-corrected chi connectivity index (χ1v) is 6.13. The maximum Gasteiger partial charge on any atom is 0.255 e. The van der Waals surface area contributed by atoms with Gasteiger partial charge in [0.15, 0.2) is 0 Å². The molecule has 0 aliphatic carbocycles. The van der Waals surface area contributed by atoms with E-state index in [1.165, 1.54) is 0 Å². The molecule has 20 heavy (non-hydrogen) atoms. The van der Waals surface area contributed by atoms with Crippen LogP contribution in [0.15, 0.2) is 41.3 Å². The molecule has 0 spiro atoms. The number of amides is 1. The number of pyridine rings is 1. The topological polar surface area (TPSA) is 72.4 Å². The molecule has 0 fully saturated rings. The van der Waals surface area contributed by atoms with Crippen LogP contribution in [0, 0.1) is 11.8 Å². The van der Waals surface area contributed by atoms with Gasteiger partial charge < -0.3 is 15.1 Å². The predicted octanol–water partition coefficient (Wildman–Crippen LogP) is 1.26. The first-order chi connectivity index (χ1) is 9.72. The van der Waals surface area contributed by atoms with Crippen LogP contribution in [-0.4, -0.2) is 29.4 Å². The zero-order chi connectivity index (χ0) is 14.4. The van der Waals surface area contributed by atoms with E-state index in [0.29, 0.717) is 17.7 Å². The Morgan fingerprint density at radius 1 is 1.50 bits per heavy atom. The zero-order valence-corrected chi connectivity index (χ0v) is 11.2. The van der Waals surface area contributed by atoms with Gasteiger partial charge in [-0.15, -0.1) is 0 Å². The molecule has 5 nitrogen and oxygen atoms in total. The van der Waals surface area contributed by atoms with Crippen molar-refractivity contribution >= 4 is 5.91 Å². The van der Waals surface area contributed by atoms with Gasteiger partial charge in [-0.1, -0.05) is 11.8 Å². The molecule has 0 atom stereocenters. The highest BCUT2D eigenvalue weighted by molar-refractivity contribution is 5.96. The van der Waals surface area contributed by atoms with Crippen molar-refractivity contribution in [1.82, 2.24) is 9.88 Å². The fourth-order valence-electron chi connectivity index (χ4n) is 1.74. The lowest BCUT2D eigenvalue weighted by atomic mass is 10.1. The first kappa shape index (κ1) is 13.8. The Bertz CT molecular complexity index is 639. The Hall–Kier alpha value is -2.58. The molecule has 2 heterocycles. The Balaban J connectivity index is 2.20. The molecular formula is C15H15N3O2. The fraction of sp³-hybridized carbons (Fsp3) is 0.200. The lowest BCUT2D eigenvalue weighted by Gasteiger charge is -2.16. The third-order valence-corrected chi connectivity index (χ3v) is 2.70. The number of rotatable bonds is 3. The van der Waals surface area contributed by atoms with E-state index in [9.17, 15) is 4.79 Å². The van der Waals surface area contributed by atoms with Crippen LogP contribution in [0.1, 0.15) is 21.7 Å². The van der Waals surface area contributed by atoms with Gasteiger partial charge in [-0.2, -0.15) is 0 Å². The summed E-state index contributed by atoms with van der Waals surface area (Å²) >= 11 is 0. The highest BCUT2D eigenvalue weighted by Gasteiger charge is 2.16. The number of carbonyl (C=O) groups excluding carboxylic acids is 1. The highest BCUT2D eigenvalue weighted by Crippen LogP contribution is 2.11. The number of furan rings is 1. The number of hydrogen-bond acceptors (Lipinski definition) is 4. The molecule has 2 aromatic heterocycles. The summed E-state index contributed by atoms with van der Waals surface area (Å²) in [5, 5.41) is 0. The van der Waals surface area contributed by atoms with Gasteiger partial charge in [0.1, 0.15) is 5.76 Å². The molecule has 102 valence electrons. The van der Waals surface area contributed by atoms with Gasteiger partial charge in [0.25, 0.3) is 5.91 Å². The highest BCUT2D eigenvalue weighted by atomic mass is 16.3. The van der Waals surface area contributed by atoms with Gasteiger partial charge >= 0.3 is 0 Å². The SMILES string of the molecule is CN(Cc1ccco1)C(=O)c1ccncc1C#CCN. The third kappa shape index (κ3) is 3.25. The summed E-state index contributed by atoms with van der Waals surface area (Å²) in [6.07, 6.45) is 4.72. The Kier molecular flexibility index (Phi) is 4.53. The number of carbonyl (C=O) groups is 1. The van der Waals surface area contributed by atoms with E-state index < -0.39 is 0 Å². The van der Waals surface area contributed by atoms with E-state index in [-0.39, 0.29) is 12.5 Å². The number of aromatic nitrogens is 1. The second-order valence-electron chi connectivity index (χ2n) is 4.17. The molecule has 0 unspecified atom stereocenters. The minimum atomic E-state index is -0.134. The molecule has 2 rings (SSSR count). The zero-order valence-electron chi connectivity index (χ0n) is 11.2. The van der Waals surface area contributed by atoms with Gasteiger partial charge in [-0.25, -0.2) is 0 Å². The standard InChI is InChI=1S/C15H15N3O2/c1-18(11-13-5-3-9-20-13)15(19)14-6-8-17-10-12(14)4-2-7-16/h3,5-6,8-10H,7,11,16H2,1H3. The van der Waals surface area contributed by atoms with Crippen molar-refractivity contribution in [2.24, 2.45) is 5.73 Å². The molecule has 0 aliphatic rings. The molecule has 2 aromatic rings. The summed E-state index contributed by atoms with van der Waals surface area (Å²) in [6.45, 7) is 0.642. The van der Waals surface area contributed by atoms with Crippen LogP contribution >= 0.6 is 0 Å². The fourth-order valence-corrected chi connectivity index (χ4v) is 1.74. The van der Waals surface area contributed by atoms with Crippen LogP contribution in [0.2, 0.25) is 0 Å². The van der Waals surface area contributed by atoms with Crippen molar-refractivity contribution in [3.8, 4) is 11.8 Å². The first-order valence-electron chi connectivity index (χ1n) is 6.13. The van der Waals surface area contributed by atoms with Crippen molar-refractivity contribution in [2.45, 2.75) is 6.54 Å². The summed E-state index contributed by atoms with van der Waals surface area (Å²) in [5.74, 6) is 6.18. The van der Waals surface area contributed by atoms with E-state index in [1.807, 2.05) is 6.07 Å². The quantitative estimate of drug-likeness (QED) is 0.851. The third-order valence-electron chi connectivity index (χ3n) is 2.70. The number of nitrogens with two attached hydrogens (primary N) is 1. The van der Waals surface area contributed by atoms with Crippen LogP contribution < -0.4 is 5.73 Å². The van der Waals surface area contributed by atoms with E-state index in [1.54, 1.807) is 42.7 Å². The Labute approximate surface area is 117 Å². The van der Waals surface area contributed by atoms with Crippen molar-refractivity contribution in [3.63, 3.8) is 0 Å². The summed E-state index contributed by atoms with van der Waals surface area (Å²) < 4.78 is 5.23. The number of hydrogen-bond donors (Lipinski definition) is 1. The average Bonchev–Trinajstić information content (AvgIpc) is 2.97. The smallest absolute Gasteiger partial charge is 0.255 e. The van der Waals surface area contributed by atoms with Gasteiger partial charge in [0, 0.05) is 19.4 Å². The number of nitrogens with zero attached hydrogens (tertiary/aromatic N) is 2. The molecule has 0 aliphatic heterocycles. The average molecular weight is 269 g/mol. The monoisotopic (exact) mass is 269 g/mol. The van der Waals surface area contributed by atoms with Crippen molar-refractivity contribution in [2.75, 3.05) is 13.6 Å². The lowest BCUT2D eigenvalue weighted by molar-refractivity contribution is 0.0775. The van der Waals surface area contributed by atoms with Gasteiger partial charge in [0.05, 0.1) is 30.5 Å². The van der Waals surface area contributed by atoms with Crippen LogP contribution in [0.25, 0.3) is 0 Å². The minimum absolute atomic E-state index is 0.134. The summed E-state index contributed by atoms with van der Waals surface area (Å²) in [5.41, 5.74) is 6.44. The van der Waals surface area contributed by atoms with Crippen molar-refractivity contribution in [3.05, 3.63) is 53.7 Å². The second kappa shape index (κ2) is 6.55. The maximum atomic E-state index is 12.4. The molecule has 5 heteroatoms. The normalized spacial score (nSPS) is 9.70. The summed E-state index contributed by atoms with van der Waals surface area (Å²) in [7, 11) is 1.71. The van der Waals surface area contributed by atoms with Gasteiger partial charge in [-0.05, 0) is 18.2 Å². The van der Waals surface area contributed by atoms with Gasteiger partial charge in [-0.3, -0.25) is 9.78 Å². The Morgan fingerprint density at radius 3 is 3.05 bits per heavy atom. The van der Waals surface area contributed by atoms with Crippen LogP contribution in [-0.2, 0) is 6.54 Å². The molecule has 1 amide bonds. The van der Waals surface area contributed by atoms with E-state index >= 15 is 0 Å². The molecule has 0 radical (unpaired) electrons. The minimum Gasteiger partial charge on any atom is -0.467 e. The van der Waals surface area contributed by atoms with Crippen LogP contribution in [0.4, 0.5) is 0 Å². The molecular weight excluding hydrogens is 254 g/mol. The van der Waals surface area contributed by atoms with Crippen molar-refractivity contribution in [1.29, 1.82) is 0 Å². The van der Waals surface area contributed by atoms with E-state index in [0.717, 1.165) is 5.76 Å². The molecule has 0 saturated carbocycles. The maximum absolute atomic E-state index is 12.4. The van der Waals surface area contributed by atoms with E-state index in [4.69, 9.17) is 10.2 Å². The lowest BCUT2D eigenvalue weighted by Crippen LogP contribution is -2.26. The Morgan fingerprint density at radius 2 is 2.35 bits per heavy atom. The second-order valence-corrected chi connectivity index (χ2v) is 4.17. The molecule has 0 aromatic carbocycles. The molecule has 0 saturated heterocycles. The van der Waals surface area contributed by atoms with Gasteiger partial charge in [0.2, 0.25) is 0 Å². The van der Waals surface area contributed by atoms with Crippen LogP contribution in [0.3, 0.4) is 0 Å². The van der Waals surface area contributed by atoms with Crippen molar-refractivity contribution < 1.29 is 9.21 Å². The molecule has 0 bridgehead atoms. The largest absolute Gasteiger partial charge is 0.467 e. The summed E-state index contributed by atoms with van der Waals surface area (Å²) in [6, 6.07) is 5.27. The summed E-state index contributed by atoms with van der Waals surface area (Å²) in [4.78, 5) is 18.0. The van der Waals surface area contributed by atoms with Crippen LogP contribution in [0.5, 0.6) is 0 Å². The van der Waals surface area contributed by atoms with E-state index in [2.05, 4.69) is 16.8 Å². The predicted molar refractivity (Wildman–Crippen MR) is 74.7 cm³/mol.